The van der Waals surface area contributed by atoms with Crippen LogP contribution in [0, 0.1) is 12.8 Å². The van der Waals surface area contributed by atoms with E-state index in [0.29, 0.717) is 5.92 Å². The molecule has 1 amide bonds. The number of carbonyl (C=O) groups is 1. The van der Waals surface area contributed by atoms with Crippen molar-refractivity contribution >= 4 is 11.6 Å². The lowest BCUT2D eigenvalue weighted by molar-refractivity contribution is -0.127. The van der Waals surface area contributed by atoms with E-state index in [1.807, 2.05) is 12.1 Å². The summed E-state index contributed by atoms with van der Waals surface area (Å²) in [7, 11) is 0. The van der Waals surface area contributed by atoms with E-state index in [1.54, 1.807) is 12.4 Å². The van der Waals surface area contributed by atoms with Crippen molar-refractivity contribution in [1.82, 2.24) is 9.88 Å². The monoisotopic (exact) mass is 351 g/mol. The highest BCUT2D eigenvalue weighted by molar-refractivity contribution is 5.94. The first-order valence-corrected chi connectivity index (χ1v) is 9.32. The molecule has 3 atom stereocenters. The molecule has 0 bridgehead atoms. The highest BCUT2D eigenvalue weighted by Gasteiger charge is 2.41. The Kier molecular flexibility index (Phi) is 5.00. The molecule has 2 aliphatic rings. The van der Waals surface area contributed by atoms with E-state index in [1.165, 1.54) is 11.1 Å². The molecule has 4 rings (SSSR count). The quantitative estimate of drug-likeness (QED) is 0.920. The number of aromatic nitrogens is 1. The number of nitrogens with one attached hydrogen (secondary N) is 1. The van der Waals surface area contributed by atoms with E-state index < -0.39 is 0 Å². The first-order chi connectivity index (χ1) is 12.7. The van der Waals surface area contributed by atoms with E-state index in [-0.39, 0.29) is 18.1 Å². The fraction of sp³-hybridized carbons (Fsp3) is 0.429. The zero-order valence-corrected chi connectivity index (χ0v) is 15.1. The average molecular weight is 351 g/mol. The van der Waals surface area contributed by atoms with Crippen LogP contribution in [0.5, 0.6) is 0 Å². The first kappa shape index (κ1) is 17.2. The van der Waals surface area contributed by atoms with Crippen molar-refractivity contribution in [3.63, 3.8) is 0 Å². The Hall–Kier alpha value is -2.24. The SMILES string of the molecule is Cc1ccccc1CN1CC[C@H]2C[C@H](C(=O)Nc3cccnc3)O[C@@H]2C1. The summed E-state index contributed by atoms with van der Waals surface area (Å²) in [6.07, 6.45) is 5.05. The minimum atomic E-state index is -0.358. The second kappa shape index (κ2) is 7.56. The molecular formula is C21H25N3O2. The zero-order chi connectivity index (χ0) is 17.9. The number of hydrogen-bond acceptors (Lipinski definition) is 4. The number of anilines is 1. The van der Waals surface area contributed by atoms with E-state index in [0.717, 1.165) is 38.2 Å². The van der Waals surface area contributed by atoms with Crippen LogP contribution < -0.4 is 5.32 Å². The fourth-order valence-corrected chi connectivity index (χ4v) is 3.99. The molecule has 0 aliphatic carbocycles. The van der Waals surface area contributed by atoms with Crippen LogP contribution in [0.25, 0.3) is 0 Å². The number of pyridine rings is 1. The van der Waals surface area contributed by atoms with Gasteiger partial charge in [-0.25, -0.2) is 0 Å². The van der Waals surface area contributed by atoms with Gasteiger partial charge in [0.25, 0.3) is 5.91 Å². The minimum Gasteiger partial charge on any atom is -0.364 e. The van der Waals surface area contributed by atoms with Crippen LogP contribution in [0.1, 0.15) is 24.0 Å². The summed E-state index contributed by atoms with van der Waals surface area (Å²) in [4.78, 5) is 19.0. The third kappa shape index (κ3) is 3.79. The molecule has 26 heavy (non-hydrogen) atoms. The van der Waals surface area contributed by atoms with Crippen molar-refractivity contribution in [2.75, 3.05) is 18.4 Å². The van der Waals surface area contributed by atoms with Gasteiger partial charge in [0.15, 0.2) is 0 Å². The third-order valence-electron chi connectivity index (χ3n) is 5.51. The predicted octanol–water partition coefficient (Wildman–Crippen LogP) is 3.01. The summed E-state index contributed by atoms with van der Waals surface area (Å²) >= 11 is 0. The Labute approximate surface area is 154 Å². The van der Waals surface area contributed by atoms with Gasteiger partial charge in [-0.2, -0.15) is 0 Å². The zero-order valence-electron chi connectivity index (χ0n) is 15.1. The lowest BCUT2D eigenvalue weighted by atomic mass is 9.91. The average Bonchev–Trinajstić information content (AvgIpc) is 3.08. The van der Waals surface area contributed by atoms with E-state index in [9.17, 15) is 4.79 Å². The molecule has 0 unspecified atom stereocenters. The summed E-state index contributed by atoms with van der Waals surface area (Å²) in [5.41, 5.74) is 3.42. The van der Waals surface area contributed by atoms with Crippen LogP contribution >= 0.6 is 0 Å². The van der Waals surface area contributed by atoms with Gasteiger partial charge in [-0.1, -0.05) is 24.3 Å². The Bertz CT molecular complexity index is 765. The van der Waals surface area contributed by atoms with Crippen molar-refractivity contribution in [1.29, 1.82) is 0 Å². The lowest BCUT2D eigenvalue weighted by Gasteiger charge is -2.34. The molecular weight excluding hydrogens is 326 g/mol. The Morgan fingerprint density at radius 3 is 3.00 bits per heavy atom. The number of likely N-dealkylation sites (tertiary alicyclic amines) is 1. The van der Waals surface area contributed by atoms with Gasteiger partial charge >= 0.3 is 0 Å². The van der Waals surface area contributed by atoms with Crippen molar-refractivity contribution in [2.45, 2.75) is 38.5 Å². The highest BCUT2D eigenvalue weighted by Crippen LogP contribution is 2.34. The number of ether oxygens (including phenoxy) is 1. The van der Waals surface area contributed by atoms with Gasteiger partial charge < -0.3 is 10.1 Å². The number of piperidine rings is 1. The van der Waals surface area contributed by atoms with E-state index >= 15 is 0 Å². The van der Waals surface area contributed by atoms with Crippen LogP contribution in [-0.2, 0) is 16.1 Å². The Balaban J connectivity index is 1.34. The molecule has 2 saturated heterocycles. The number of aryl methyl sites for hydroxylation is 1. The van der Waals surface area contributed by atoms with Crippen molar-refractivity contribution in [3.05, 3.63) is 59.9 Å². The summed E-state index contributed by atoms with van der Waals surface area (Å²) in [5.74, 6) is 0.422. The summed E-state index contributed by atoms with van der Waals surface area (Å²) in [6, 6.07) is 12.2. The number of hydrogen-bond donors (Lipinski definition) is 1. The summed E-state index contributed by atoms with van der Waals surface area (Å²) < 4.78 is 6.12. The smallest absolute Gasteiger partial charge is 0.253 e. The maximum absolute atomic E-state index is 12.5. The number of fused-ring (bicyclic) bond motifs is 1. The van der Waals surface area contributed by atoms with Crippen LogP contribution in [-0.4, -0.2) is 41.1 Å². The largest absolute Gasteiger partial charge is 0.364 e. The second-order valence-corrected chi connectivity index (χ2v) is 7.34. The van der Waals surface area contributed by atoms with Crippen LogP contribution in [0.4, 0.5) is 5.69 Å². The number of carbonyl (C=O) groups excluding carboxylic acids is 1. The fourth-order valence-electron chi connectivity index (χ4n) is 3.99. The second-order valence-electron chi connectivity index (χ2n) is 7.34. The Morgan fingerprint density at radius 2 is 2.19 bits per heavy atom. The van der Waals surface area contributed by atoms with E-state index in [2.05, 4.69) is 46.4 Å². The predicted molar refractivity (Wildman–Crippen MR) is 101 cm³/mol. The highest BCUT2D eigenvalue weighted by atomic mass is 16.5. The molecule has 0 spiro atoms. The molecule has 0 saturated carbocycles. The van der Waals surface area contributed by atoms with Gasteiger partial charge in [-0.15, -0.1) is 0 Å². The number of amides is 1. The molecule has 5 heteroatoms. The van der Waals surface area contributed by atoms with Crippen molar-refractivity contribution in [3.8, 4) is 0 Å². The lowest BCUT2D eigenvalue weighted by Crippen LogP contribution is -2.42. The van der Waals surface area contributed by atoms with Gasteiger partial charge in [0, 0.05) is 19.3 Å². The number of rotatable bonds is 4. The maximum Gasteiger partial charge on any atom is 0.253 e. The van der Waals surface area contributed by atoms with Crippen molar-refractivity contribution in [2.24, 2.45) is 5.92 Å². The van der Waals surface area contributed by atoms with Gasteiger partial charge in [0.05, 0.1) is 18.0 Å². The van der Waals surface area contributed by atoms with Gasteiger partial charge in [0.2, 0.25) is 0 Å². The van der Waals surface area contributed by atoms with Gasteiger partial charge in [0.1, 0.15) is 6.10 Å². The van der Waals surface area contributed by atoms with Crippen molar-refractivity contribution < 1.29 is 9.53 Å². The molecule has 1 aromatic heterocycles. The molecule has 0 radical (unpaired) electrons. The number of benzene rings is 1. The Morgan fingerprint density at radius 1 is 1.31 bits per heavy atom. The molecule has 2 aliphatic heterocycles. The molecule has 1 aromatic carbocycles. The maximum atomic E-state index is 12.5. The summed E-state index contributed by atoms with van der Waals surface area (Å²) in [6.45, 7) is 5.07. The topological polar surface area (TPSA) is 54.5 Å². The molecule has 136 valence electrons. The van der Waals surface area contributed by atoms with Crippen LogP contribution in [0.3, 0.4) is 0 Å². The molecule has 5 nitrogen and oxygen atoms in total. The van der Waals surface area contributed by atoms with Crippen LogP contribution in [0.2, 0.25) is 0 Å². The van der Waals surface area contributed by atoms with Gasteiger partial charge in [-0.3, -0.25) is 14.7 Å². The minimum absolute atomic E-state index is 0.0575. The number of nitrogens with zero attached hydrogens (tertiary/aromatic N) is 2. The third-order valence-corrected chi connectivity index (χ3v) is 5.51. The summed E-state index contributed by atoms with van der Waals surface area (Å²) in [5, 5.41) is 2.91. The normalized spacial score (nSPS) is 25.7. The van der Waals surface area contributed by atoms with Gasteiger partial charge in [-0.05, 0) is 55.5 Å². The molecule has 2 fully saturated rings. The molecule has 2 aromatic rings. The standard InChI is InChI=1S/C21H25N3O2/c1-15-5-2-3-6-17(15)13-24-10-8-16-11-19(26-20(16)14-24)21(25)23-18-7-4-9-22-12-18/h2-7,9,12,16,19-20H,8,10-11,13-14H2,1H3,(H,23,25)/t16-,19+,20+/m0/s1. The first-order valence-electron chi connectivity index (χ1n) is 9.32. The van der Waals surface area contributed by atoms with E-state index in [4.69, 9.17) is 4.74 Å². The van der Waals surface area contributed by atoms with Crippen LogP contribution in [0.15, 0.2) is 48.8 Å². The molecule has 1 N–H and O–H groups in total. The molecule has 3 heterocycles.